The first-order valence-electron chi connectivity index (χ1n) is 6.82. The second kappa shape index (κ2) is 6.12. The number of nitrogens with zero attached hydrogens (tertiary/aromatic N) is 2. The Labute approximate surface area is 120 Å². The molecule has 0 saturated heterocycles. The van der Waals surface area contributed by atoms with Gasteiger partial charge in [0.05, 0.1) is 5.56 Å². The minimum absolute atomic E-state index is 0.561. The second-order valence-corrected chi connectivity index (χ2v) is 4.89. The van der Waals surface area contributed by atoms with Crippen molar-refractivity contribution in [2.75, 3.05) is 0 Å². The van der Waals surface area contributed by atoms with E-state index in [0.717, 1.165) is 41.6 Å². The molecule has 0 saturated carbocycles. The number of rotatable bonds is 5. The van der Waals surface area contributed by atoms with Crippen LogP contribution in [0.4, 0.5) is 0 Å². The third kappa shape index (κ3) is 2.92. The molecule has 2 N–H and O–H groups in total. The highest BCUT2D eigenvalue weighted by atomic mass is 14.9. The SMILES string of the molecule is C=C(N)c1ccc(-n2cc(C#N)c(CCCC)c2)cc1. The van der Waals surface area contributed by atoms with Crippen LogP contribution in [0.25, 0.3) is 11.4 Å². The molecule has 1 aromatic heterocycles. The Morgan fingerprint density at radius 3 is 2.55 bits per heavy atom. The van der Waals surface area contributed by atoms with Crippen LogP contribution in [0, 0.1) is 11.3 Å². The van der Waals surface area contributed by atoms with Crippen molar-refractivity contribution in [3.8, 4) is 11.8 Å². The lowest BCUT2D eigenvalue weighted by atomic mass is 10.1. The molecular formula is C17H19N3. The van der Waals surface area contributed by atoms with Crippen LogP contribution in [0.5, 0.6) is 0 Å². The summed E-state index contributed by atoms with van der Waals surface area (Å²) in [6.07, 6.45) is 7.11. The van der Waals surface area contributed by atoms with Crippen LogP contribution < -0.4 is 5.73 Å². The summed E-state index contributed by atoms with van der Waals surface area (Å²) < 4.78 is 1.99. The van der Waals surface area contributed by atoms with Gasteiger partial charge in [-0.2, -0.15) is 5.26 Å². The summed E-state index contributed by atoms with van der Waals surface area (Å²) >= 11 is 0. The normalized spacial score (nSPS) is 10.2. The molecule has 0 atom stereocenters. The lowest BCUT2D eigenvalue weighted by Gasteiger charge is -2.04. The van der Waals surface area contributed by atoms with Crippen molar-refractivity contribution in [3.05, 3.63) is 59.9 Å². The Kier molecular flexibility index (Phi) is 4.27. The molecular weight excluding hydrogens is 246 g/mol. The van der Waals surface area contributed by atoms with Crippen LogP contribution in [-0.4, -0.2) is 4.57 Å². The largest absolute Gasteiger partial charge is 0.399 e. The summed E-state index contributed by atoms with van der Waals surface area (Å²) in [6, 6.07) is 10.1. The molecule has 0 fully saturated rings. The van der Waals surface area contributed by atoms with Crippen LogP contribution in [0.1, 0.15) is 36.5 Å². The van der Waals surface area contributed by atoms with Crippen molar-refractivity contribution >= 4 is 5.70 Å². The molecule has 2 rings (SSSR count). The molecule has 1 heterocycles. The van der Waals surface area contributed by atoms with Gasteiger partial charge < -0.3 is 10.3 Å². The molecule has 2 aromatic rings. The summed E-state index contributed by atoms with van der Waals surface area (Å²) in [7, 11) is 0. The van der Waals surface area contributed by atoms with Gasteiger partial charge in [-0.3, -0.25) is 0 Å². The van der Waals surface area contributed by atoms with Gasteiger partial charge in [-0.15, -0.1) is 0 Å². The quantitative estimate of drug-likeness (QED) is 0.897. The van der Waals surface area contributed by atoms with Gasteiger partial charge in [-0.05, 0) is 36.1 Å². The molecule has 0 aliphatic rings. The van der Waals surface area contributed by atoms with Gasteiger partial charge in [0.15, 0.2) is 0 Å². The molecule has 0 amide bonds. The maximum Gasteiger partial charge on any atom is 0.101 e. The van der Waals surface area contributed by atoms with Crippen molar-refractivity contribution in [2.45, 2.75) is 26.2 Å². The maximum absolute atomic E-state index is 9.20. The smallest absolute Gasteiger partial charge is 0.101 e. The van der Waals surface area contributed by atoms with Crippen molar-refractivity contribution in [1.82, 2.24) is 4.57 Å². The zero-order valence-corrected chi connectivity index (χ0v) is 11.8. The fraction of sp³-hybridized carbons (Fsp3) is 0.235. The monoisotopic (exact) mass is 265 g/mol. The molecule has 3 nitrogen and oxygen atoms in total. The van der Waals surface area contributed by atoms with E-state index < -0.39 is 0 Å². The Bertz CT molecular complexity index is 642. The van der Waals surface area contributed by atoms with Gasteiger partial charge in [0.1, 0.15) is 6.07 Å². The molecule has 102 valence electrons. The van der Waals surface area contributed by atoms with Gasteiger partial charge in [-0.1, -0.05) is 32.1 Å². The molecule has 0 spiro atoms. The minimum Gasteiger partial charge on any atom is -0.399 e. The van der Waals surface area contributed by atoms with Crippen LogP contribution in [0.3, 0.4) is 0 Å². The van der Waals surface area contributed by atoms with Gasteiger partial charge >= 0.3 is 0 Å². The number of unbranched alkanes of at least 4 members (excludes halogenated alkanes) is 1. The van der Waals surface area contributed by atoms with Crippen molar-refractivity contribution in [2.24, 2.45) is 5.73 Å². The van der Waals surface area contributed by atoms with E-state index in [2.05, 4.69) is 19.6 Å². The highest BCUT2D eigenvalue weighted by molar-refractivity contribution is 5.61. The van der Waals surface area contributed by atoms with Gasteiger partial charge in [0.25, 0.3) is 0 Å². The Hall–Kier alpha value is -2.47. The van der Waals surface area contributed by atoms with Crippen molar-refractivity contribution in [1.29, 1.82) is 5.26 Å². The number of aromatic nitrogens is 1. The first-order chi connectivity index (χ1) is 9.65. The fourth-order valence-electron chi connectivity index (χ4n) is 2.16. The lowest BCUT2D eigenvalue weighted by molar-refractivity contribution is 0.793. The molecule has 1 aromatic carbocycles. The summed E-state index contributed by atoms with van der Waals surface area (Å²) in [4.78, 5) is 0. The third-order valence-electron chi connectivity index (χ3n) is 3.37. The summed E-state index contributed by atoms with van der Waals surface area (Å²) in [5.74, 6) is 0. The highest BCUT2D eigenvalue weighted by Gasteiger charge is 2.07. The summed E-state index contributed by atoms with van der Waals surface area (Å²) in [6.45, 7) is 5.88. The standard InChI is InChI=1S/C17H19N3/c1-3-4-5-15-11-20(12-16(15)10-18)17-8-6-14(7-9-17)13(2)19/h6-9,11-12H,2-5,19H2,1H3. The van der Waals surface area contributed by atoms with Gasteiger partial charge in [0, 0.05) is 23.8 Å². The third-order valence-corrected chi connectivity index (χ3v) is 3.37. The van der Waals surface area contributed by atoms with E-state index in [0.29, 0.717) is 5.70 Å². The van der Waals surface area contributed by atoms with E-state index in [-0.39, 0.29) is 0 Å². The number of aryl methyl sites for hydroxylation is 1. The van der Waals surface area contributed by atoms with E-state index in [1.54, 1.807) is 0 Å². The Balaban J connectivity index is 2.30. The van der Waals surface area contributed by atoms with E-state index >= 15 is 0 Å². The first kappa shape index (κ1) is 14.0. The van der Waals surface area contributed by atoms with E-state index in [9.17, 15) is 5.26 Å². The Morgan fingerprint density at radius 1 is 1.30 bits per heavy atom. The average Bonchev–Trinajstić information content (AvgIpc) is 2.88. The topological polar surface area (TPSA) is 54.7 Å². The lowest BCUT2D eigenvalue weighted by Crippen LogP contribution is -1.95. The van der Waals surface area contributed by atoms with Crippen LogP contribution in [0.15, 0.2) is 43.2 Å². The zero-order valence-electron chi connectivity index (χ0n) is 11.8. The van der Waals surface area contributed by atoms with E-state index in [1.807, 2.05) is 41.2 Å². The van der Waals surface area contributed by atoms with Crippen LogP contribution >= 0.6 is 0 Å². The molecule has 0 radical (unpaired) electrons. The van der Waals surface area contributed by atoms with Crippen molar-refractivity contribution < 1.29 is 0 Å². The van der Waals surface area contributed by atoms with Crippen molar-refractivity contribution in [3.63, 3.8) is 0 Å². The van der Waals surface area contributed by atoms with Gasteiger partial charge in [0.2, 0.25) is 0 Å². The number of nitriles is 1. The first-order valence-corrected chi connectivity index (χ1v) is 6.82. The van der Waals surface area contributed by atoms with E-state index in [4.69, 9.17) is 5.73 Å². The molecule has 0 aliphatic carbocycles. The summed E-state index contributed by atoms with van der Waals surface area (Å²) in [5.41, 5.74) is 10.0. The second-order valence-electron chi connectivity index (χ2n) is 4.89. The molecule has 3 heteroatoms. The Morgan fingerprint density at radius 2 is 2.00 bits per heavy atom. The molecule has 0 unspecified atom stereocenters. The molecule has 0 bridgehead atoms. The molecule has 0 aliphatic heterocycles. The van der Waals surface area contributed by atoms with Gasteiger partial charge in [-0.25, -0.2) is 0 Å². The fourth-order valence-corrected chi connectivity index (χ4v) is 2.16. The van der Waals surface area contributed by atoms with Crippen LogP contribution in [-0.2, 0) is 6.42 Å². The predicted octanol–water partition coefficient (Wildman–Crippen LogP) is 3.62. The number of hydrogen-bond acceptors (Lipinski definition) is 2. The summed E-state index contributed by atoms with van der Waals surface area (Å²) in [5, 5.41) is 9.20. The number of nitrogens with two attached hydrogens (primary N) is 1. The zero-order chi connectivity index (χ0) is 14.5. The maximum atomic E-state index is 9.20. The highest BCUT2D eigenvalue weighted by Crippen LogP contribution is 2.18. The molecule has 20 heavy (non-hydrogen) atoms. The number of hydrogen-bond donors (Lipinski definition) is 1. The minimum atomic E-state index is 0.561. The van der Waals surface area contributed by atoms with E-state index in [1.165, 1.54) is 0 Å². The number of benzene rings is 1. The van der Waals surface area contributed by atoms with Crippen LogP contribution in [0.2, 0.25) is 0 Å². The predicted molar refractivity (Wildman–Crippen MR) is 82.3 cm³/mol. The average molecular weight is 265 g/mol.